The topological polar surface area (TPSA) is 52.6 Å². The average Bonchev–Trinajstić information content (AvgIpc) is 2.53. The van der Waals surface area contributed by atoms with Crippen molar-refractivity contribution in [3.05, 3.63) is 54.1 Å². The Morgan fingerprint density at radius 2 is 1.90 bits per heavy atom. The molecule has 0 spiro atoms. The van der Waals surface area contributed by atoms with Gasteiger partial charge < -0.3 is 15.3 Å². The van der Waals surface area contributed by atoms with Crippen molar-refractivity contribution in [3.8, 4) is 0 Å². The molecule has 2 aromatic carbocycles. The van der Waals surface area contributed by atoms with Crippen molar-refractivity contribution >= 4 is 23.0 Å². The molecular formula is C17H18N2O2. The average molecular weight is 282 g/mol. The van der Waals surface area contributed by atoms with Gasteiger partial charge in [0.2, 0.25) is 5.91 Å². The summed E-state index contributed by atoms with van der Waals surface area (Å²) in [6.45, 7) is 2.25. The largest absolute Gasteiger partial charge is 0.388 e. The van der Waals surface area contributed by atoms with Gasteiger partial charge in [-0.1, -0.05) is 31.2 Å². The highest BCUT2D eigenvalue weighted by molar-refractivity contribution is 6.03. The van der Waals surface area contributed by atoms with Crippen molar-refractivity contribution in [2.75, 3.05) is 16.8 Å². The summed E-state index contributed by atoms with van der Waals surface area (Å²) >= 11 is 0. The van der Waals surface area contributed by atoms with Crippen molar-refractivity contribution in [2.24, 2.45) is 0 Å². The van der Waals surface area contributed by atoms with Gasteiger partial charge in [-0.3, -0.25) is 4.79 Å². The van der Waals surface area contributed by atoms with Gasteiger partial charge in [0.1, 0.15) is 6.54 Å². The third-order valence-corrected chi connectivity index (χ3v) is 3.75. The number of hydrogen-bond acceptors (Lipinski definition) is 3. The molecule has 108 valence electrons. The predicted molar refractivity (Wildman–Crippen MR) is 83.8 cm³/mol. The Morgan fingerprint density at radius 3 is 2.62 bits per heavy atom. The lowest BCUT2D eigenvalue weighted by molar-refractivity contribution is -0.115. The number of para-hydroxylation sites is 2. The molecule has 1 aliphatic heterocycles. The van der Waals surface area contributed by atoms with Gasteiger partial charge in [-0.15, -0.1) is 0 Å². The van der Waals surface area contributed by atoms with E-state index in [1.165, 1.54) is 0 Å². The van der Waals surface area contributed by atoms with Crippen molar-refractivity contribution in [1.82, 2.24) is 0 Å². The standard InChI is InChI=1S/C17H18N2O2/c1-2-16(20)12-7-9-13(10-8-12)19-11-17(21)18-14-5-3-4-6-15(14)19/h3-10,16,20H,2,11H2,1H3,(H,18,21)/t16-/m1/s1. The van der Waals surface area contributed by atoms with Crippen LogP contribution in [0.4, 0.5) is 17.1 Å². The molecule has 0 fully saturated rings. The minimum Gasteiger partial charge on any atom is -0.388 e. The van der Waals surface area contributed by atoms with Gasteiger partial charge in [0, 0.05) is 5.69 Å². The molecular weight excluding hydrogens is 264 g/mol. The van der Waals surface area contributed by atoms with Gasteiger partial charge in [-0.05, 0) is 36.2 Å². The number of rotatable bonds is 3. The van der Waals surface area contributed by atoms with Crippen LogP contribution in [0.1, 0.15) is 25.0 Å². The summed E-state index contributed by atoms with van der Waals surface area (Å²) in [6.07, 6.45) is 0.255. The van der Waals surface area contributed by atoms with Crippen LogP contribution in [0.2, 0.25) is 0 Å². The lowest BCUT2D eigenvalue weighted by Crippen LogP contribution is -2.34. The van der Waals surface area contributed by atoms with Crippen LogP contribution in [0.3, 0.4) is 0 Å². The number of fused-ring (bicyclic) bond motifs is 1. The van der Waals surface area contributed by atoms with E-state index in [-0.39, 0.29) is 5.91 Å². The third kappa shape index (κ3) is 2.62. The molecule has 4 nitrogen and oxygen atoms in total. The second-order valence-corrected chi connectivity index (χ2v) is 5.17. The fraction of sp³-hybridized carbons (Fsp3) is 0.235. The molecule has 0 unspecified atom stereocenters. The van der Waals surface area contributed by atoms with Crippen LogP contribution in [0.25, 0.3) is 0 Å². The van der Waals surface area contributed by atoms with Crippen LogP contribution in [0, 0.1) is 0 Å². The summed E-state index contributed by atoms with van der Waals surface area (Å²) in [5.74, 6) is -0.0219. The lowest BCUT2D eigenvalue weighted by atomic mass is 10.1. The molecule has 0 saturated heterocycles. The maximum absolute atomic E-state index is 11.8. The minimum absolute atomic E-state index is 0.0219. The van der Waals surface area contributed by atoms with E-state index >= 15 is 0 Å². The van der Waals surface area contributed by atoms with E-state index in [9.17, 15) is 9.90 Å². The molecule has 1 heterocycles. The SMILES string of the molecule is CC[C@@H](O)c1ccc(N2CC(=O)Nc3ccccc32)cc1. The fourth-order valence-electron chi connectivity index (χ4n) is 2.58. The molecule has 1 amide bonds. The number of aliphatic hydroxyl groups is 1. The molecule has 0 saturated carbocycles. The predicted octanol–water partition coefficient (Wildman–Crippen LogP) is 3.22. The second kappa shape index (κ2) is 5.58. The van der Waals surface area contributed by atoms with Crippen molar-refractivity contribution < 1.29 is 9.90 Å². The van der Waals surface area contributed by atoms with E-state index in [2.05, 4.69) is 5.32 Å². The van der Waals surface area contributed by atoms with E-state index in [0.717, 1.165) is 22.6 Å². The first-order valence-electron chi connectivity index (χ1n) is 7.13. The van der Waals surface area contributed by atoms with Crippen LogP contribution < -0.4 is 10.2 Å². The lowest BCUT2D eigenvalue weighted by Gasteiger charge is -2.31. The van der Waals surface area contributed by atoms with Gasteiger partial charge in [0.15, 0.2) is 0 Å². The Morgan fingerprint density at radius 1 is 1.19 bits per heavy atom. The second-order valence-electron chi connectivity index (χ2n) is 5.17. The molecule has 4 heteroatoms. The monoisotopic (exact) mass is 282 g/mol. The Labute approximate surface area is 124 Å². The van der Waals surface area contributed by atoms with E-state index in [1.807, 2.05) is 60.4 Å². The zero-order valence-electron chi connectivity index (χ0n) is 11.9. The molecule has 0 radical (unpaired) electrons. The van der Waals surface area contributed by atoms with Gasteiger partial charge in [-0.2, -0.15) is 0 Å². The highest BCUT2D eigenvalue weighted by atomic mass is 16.3. The van der Waals surface area contributed by atoms with Crippen molar-refractivity contribution in [3.63, 3.8) is 0 Å². The number of carbonyl (C=O) groups is 1. The quantitative estimate of drug-likeness (QED) is 0.908. The first-order valence-corrected chi connectivity index (χ1v) is 7.13. The number of aliphatic hydroxyl groups excluding tert-OH is 1. The molecule has 0 aliphatic carbocycles. The summed E-state index contributed by atoms with van der Waals surface area (Å²) < 4.78 is 0. The summed E-state index contributed by atoms with van der Waals surface area (Å²) in [7, 11) is 0. The number of benzene rings is 2. The summed E-state index contributed by atoms with van der Waals surface area (Å²) in [5.41, 5.74) is 3.66. The zero-order chi connectivity index (χ0) is 14.8. The number of amides is 1. The number of anilines is 3. The summed E-state index contributed by atoms with van der Waals surface area (Å²) in [4.78, 5) is 13.8. The number of nitrogens with zero attached hydrogens (tertiary/aromatic N) is 1. The van der Waals surface area contributed by atoms with Crippen LogP contribution in [0.15, 0.2) is 48.5 Å². The highest BCUT2D eigenvalue weighted by Gasteiger charge is 2.22. The van der Waals surface area contributed by atoms with E-state index in [4.69, 9.17) is 0 Å². The molecule has 3 rings (SSSR count). The van der Waals surface area contributed by atoms with Gasteiger partial charge in [0.05, 0.1) is 17.5 Å². The maximum atomic E-state index is 11.8. The van der Waals surface area contributed by atoms with Crippen molar-refractivity contribution in [2.45, 2.75) is 19.4 Å². The Balaban J connectivity index is 1.95. The fourth-order valence-corrected chi connectivity index (χ4v) is 2.58. The number of nitrogens with one attached hydrogen (secondary N) is 1. The van der Waals surface area contributed by atoms with Crippen LogP contribution >= 0.6 is 0 Å². The van der Waals surface area contributed by atoms with Gasteiger partial charge in [-0.25, -0.2) is 0 Å². The van der Waals surface area contributed by atoms with E-state index in [0.29, 0.717) is 13.0 Å². The molecule has 21 heavy (non-hydrogen) atoms. The summed E-state index contributed by atoms with van der Waals surface area (Å²) in [6, 6.07) is 15.5. The van der Waals surface area contributed by atoms with Crippen LogP contribution in [0.5, 0.6) is 0 Å². The molecule has 2 aromatic rings. The van der Waals surface area contributed by atoms with Gasteiger partial charge >= 0.3 is 0 Å². The Bertz CT molecular complexity index is 652. The Kier molecular flexibility index (Phi) is 3.62. The van der Waals surface area contributed by atoms with E-state index < -0.39 is 6.10 Å². The molecule has 1 atom stereocenters. The smallest absolute Gasteiger partial charge is 0.244 e. The molecule has 2 N–H and O–H groups in total. The first kappa shape index (κ1) is 13.6. The van der Waals surface area contributed by atoms with Gasteiger partial charge in [0.25, 0.3) is 0 Å². The minimum atomic E-state index is -0.434. The normalized spacial score (nSPS) is 15.3. The maximum Gasteiger partial charge on any atom is 0.244 e. The molecule has 0 bridgehead atoms. The van der Waals surface area contributed by atoms with E-state index in [1.54, 1.807) is 0 Å². The first-order chi connectivity index (χ1) is 10.2. The van der Waals surface area contributed by atoms with Crippen molar-refractivity contribution in [1.29, 1.82) is 0 Å². The molecule has 0 aromatic heterocycles. The molecule has 1 aliphatic rings. The highest BCUT2D eigenvalue weighted by Crippen LogP contribution is 2.35. The number of carbonyl (C=O) groups excluding carboxylic acids is 1. The Hall–Kier alpha value is -2.33. The number of hydrogen-bond donors (Lipinski definition) is 2. The third-order valence-electron chi connectivity index (χ3n) is 3.75. The van der Waals surface area contributed by atoms with Crippen LogP contribution in [-0.4, -0.2) is 17.6 Å². The summed E-state index contributed by atoms with van der Waals surface area (Å²) in [5, 5.41) is 12.7. The van der Waals surface area contributed by atoms with Crippen LogP contribution in [-0.2, 0) is 4.79 Å². The zero-order valence-corrected chi connectivity index (χ0v) is 11.9.